The van der Waals surface area contributed by atoms with Crippen molar-refractivity contribution < 1.29 is 29.2 Å². The summed E-state index contributed by atoms with van der Waals surface area (Å²) in [7, 11) is 0. The molecule has 3 aliphatic heterocycles. The van der Waals surface area contributed by atoms with Crippen LogP contribution in [0.1, 0.15) is 32.6 Å². The number of carbonyl (C=O) groups excluding carboxylic acids is 1. The quantitative estimate of drug-likeness (QED) is 0.494. The van der Waals surface area contributed by atoms with Gasteiger partial charge in [-0.25, -0.2) is 0 Å². The molecule has 10 atom stereocenters. The smallest absolute Gasteiger partial charge is 0.315 e. The number of fused-ring (bicyclic) bond motifs is 1. The van der Waals surface area contributed by atoms with E-state index in [9.17, 15) is 15.0 Å². The first-order valence-electron chi connectivity index (χ1n) is 9.84. The van der Waals surface area contributed by atoms with Gasteiger partial charge >= 0.3 is 5.97 Å². The molecule has 0 amide bonds. The van der Waals surface area contributed by atoms with Gasteiger partial charge in [0.1, 0.15) is 11.5 Å². The zero-order valence-electron chi connectivity index (χ0n) is 15.0. The molecule has 0 aromatic rings. The third kappa shape index (κ3) is 1.45. The van der Waals surface area contributed by atoms with Crippen LogP contribution in [0.4, 0.5) is 0 Å². The standard InChI is InChI=1S/C20H26O6/c1-9-10-5-11(21)13-19(6-10,15(9)22)17(23)26-12-3-4-18(2)7-24-16-14(18)20(12,13)8-25-16/h10-16,21-22H,1,3-8H2,2H3/t10-,11-,12+,13-,14-,15-,16+,18+,19+,20+/m1/s1. The Hall–Kier alpha value is -0.950. The Balaban J connectivity index is 1.58. The van der Waals surface area contributed by atoms with Gasteiger partial charge in [0.25, 0.3) is 0 Å². The number of esters is 1. The number of aliphatic hydroxyl groups excluding tert-OH is 2. The molecule has 3 aliphatic carbocycles. The molecule has 26 heavy (non-hydrogen) atoms. The second-order valence-electron chi connectivity index (χ2n) is 9.87. The zero-order valence-corrected chi connectivity index (χ0v) is 15.0. The van der Waals surface area contributed by atoms with Gasteiger partial charge in [0.15, 0.2) is 6.29 Å². The molecule has 0 unspecified atom stereocenters. The predicted octanol–water partition coefficient (Wildman–Crippen LogP) is 1.01. The van der Waals surface area contributed by atoms with E-state index in [-0.39, 0.29) is 41.5 Å². The minimum absolute atomic E-state index is 0.0235. The van der Waals surface area contributed by atoms with E-state index in [1.807, 2.05) is 0 Å². The topological polar surface area (TPSA) is 85.2 Å². The Labute approximate surface area is 152 Å². The summed E-state index contributed by atoms with van der Waals surface area (Å²) in [5.74, 6) is -0.664. The van der Waals surface area contributed by atoms with E-state index in [0.717, 1.165) is 12.8 Å². The molecule has 2 N–H and O–H groups in total. The van der Waals surface area contributed by atoms with Crippen molar-refractivity contribution >= 4 is 5.97 Å². The van der Waals surface area contributed by atoms with Crippen molar-refractivity contribution in [2.24, 2.45) is 34.0 Å². The van der Waals surface area contributed by atoms with Crippen LogP contribution in [-0.4, -0.2) is 54.0 Å². The van der Waals surface area contributed by atoms with Crippen LogP contribution in [0.2, 0.25) is 0 Å². The van der Waals surface area contributed by atoms with Crippen LogP contribution in [0.15, 0.2) is 12.2 Å². The van der Waals surface area contributed by atoms with Crippen LogP contribution >= 0.6 is 0 Å². The summed E-state index contributed by atoms with van der Waals surface area (Å²) in [5, 5.41) is 22.3. The number of carbonyl (C=O) groups is 1. The summed E-state index contributed by atoms with van der Waals surface area (Å²) < 4.78 is 18.1. The molecule has 0 radical (unpaired) electrons. The van der Waals surface area contributed by atoms with Crippen molar-refractivity contribution in [1.29, 1.82) is 0 Å². The molecule has 3 heterocycles. The van der Waals surface area contributed by atoms with Gasteiger partial charge in [-0.05, 0) is 42.6 Å². The number of rotatable bonds is 0. The molecule has 6 heteroatoms. The van der Waals surface area contributed by atoms with Gasteiger partial charge in [-0.2, -0.15) is 0 Å². The molecule has 142 valence electrons. The van der Waals surface area contributed by atoms with Gasteiger partial charge in [0.2, 0.25) is 0 Å². The molecule has 6 aliphatic rings. The van der Waals surface area contributed by atoms with Gasteiger partial charge in [0, 0.05) is 17.3 Å². The summed E-state index contributed by atoms with van der Waals surface area (Å²) in [6, 6.07) is 0. The molecule has 6 nitrogen and oxygen atoms in total. The average molecular weight is 362 g/mol. The lowest BCUT2D eigenvalue weighted by Crippen LogP contribution is -2.71. The van der Waals surface area contributed by atoms with Gasteiger partial charge < -0.3 is 24.4 Å². The fourth-order valence-corrected chi connectivity index (χ4v) is 7.96. The van der Waals surface area contributed by atoms with Crippen LogP contribution in [0.5, 0.6) is 0 Å². The van der Waals surface area contributed by atoms with Crippen molar-refractivity contribution in [2.45, 2.75) is 57.2 Å². The van der Waals surface area contributed by atoms with E-state index in [2.05, 4.69) is 13.5 Å². The highest BCUT2D eigenvalue weighted by Crippen LogP contribution is 2.73. The summed E-state index contributed by atoms with van der Waals surface area (Å²) in [5.41, 5.74) is -0.942. The maximum atomic E-state index is 13.2. The number of ether oxygens (including phenoxy) is 3. The Morgan fingerprint density at radius 3 is 2.77 bits per heavy atom. The van der Waals surface area contributed by atoms with Crippen molar-refractivity contribution in [3.63, 3.8) is 0 Å². The number of hydrogen-bond donors (Lipinski definition) is 2. The molecule has 0 aromatic carbocycles. The lowest BCUT2D eigenvalue weighted by Gasteiger charge is -2.62. The summed E-state index contributed by atoms with van der Waals surface area (Å²) >= 11 is 0. The minimum Gasteiger partial charge on any atom is -0.461 e. The van der Waals surface area contributed by atoms with Gasteiger partial charge in [-0.1, -0.05) is 13.5 Å². The summed E-state index contributed by atoms with van der Waals surface area (Å²) in [6.45, 7) is 7.34. The molecule has 2 bridgehead atoms. The Morgan fingerprint density at radius 2 is 1.96 bits per heavy atom. The summed E-state index contributed by atoms with van der Waals surface area (Å²) in [4.78, 5) is 13.2. The largest absolute Gasteiger partial charge is 0.461 e. The maximum Gasteiger partial charge on any atom is 0.315 e. The fourth-order valence-electron chi connectivity index (χ4n) is 7.96. The van der Waals surface area contributed by atoms with Crippen LogP contribution in [-0.2, 0) is 19.0 Å². The van der Waals surface area contributed by atoms with E-state index in [0.29, 0.717) is 31.6 Å². The Kier molecular flexibility index (Phi) is 2.80. The molecular weight excluding hydrogens is 336 g/mol. The Morgan fingerprint density at radius 1 is 1.19 bits per heavy atom. The summed E-state index contributed by atoms with van der Waals surface area (Å²) in [6.07, 6.45) is 0.570. The highest BCUT2D eigenvalue weighted by molar-refractivity contribution is 5.82. The van der Waals surface area contributed by atoms with Crippen LogP contribution in [0, 0.1) is 34.0 Å². The van der Waals surface area contributed by atoms with Crippen LogP contribution < -0.4 is 0 Å². The second kappa shape index (κ2) is 4.54. The first-order valence-corrected chi connectivity index (χ1v) is 9.84. The van der Waals surface area contributed by atoms with E-state index < -0.39 is 23.0 Å². The number of hydrogen-bond acceptors (Lipinski definition) is 6. The first-order chi connectivity index (χ1) is 12.3. The zero-order chi connectivity index (χ0) is 18.1. The van der Waals surface area contributed by atoms with E-state index >= 15 is 0 Å². The van der Waals surface area contributed by atoms with Crippen molar-refractivity contribution in [1.82, 2.24) is 0 Å². The molecule has 3 saturated carbocycles. The van der Waals surface area contributed by atoms with E-state index in [1.165, 1.54) is 0 Å². The molecular formula is C20H26O6. The highest BCUT2D eigenvalue weighted by atomic mass is 16.7. The normalized spacial score (nSPS) is 62.5. The molecule has 6 rings (SSSR count). The van der Waals surface area contributed by atoms with Crippen LogP contribution in [0.25, 0.3) is 0 Å². The average Bonchev–Trinajstić information content (AvgIpc) is 3.22. The molecule has 6 fully saturated rings. The van der Waals surface area contributed by atoms with E-state index in [1.54, 1.807) is 0 Å². The van der Waals surface area contributed by atoms with E-state index in [4.69, 9.17) is 14.2 Å². The van der Waals surface area contributed by atoms with Crippen molar-refractivity contribution in [3.05, 3.63) is 12.2 Å². The second-order valence-corrected chi connectivity index (χ2v) is 9.87. The SMILES string of the molecule is C=C1[C@@H]2C[C@@H](O)[C@@H]3[C@](C2)(C(=O)O[C@H]2CC[C@@]4(C)CO[C@H]5OC[C@]23[C@H]54)[C@@H]1O. The monoisotopic (exact) mass is 362 g/mol. The maximum absolute atomic E-state index is 13.2. The molecule has 0 aromatic heterocycles. The lowest BCUT2D eigenvalue weighted by molar-refractivity contribution is -0.259. The highest BCUT2D eigenvalue weighted by Gasteiger charge is 2.80. The van der Waals surface area contributed by atoms with Crippen molar-refractivity contribution in [3.8, 4) is 0 Å². The first kappa shape index (κ1) is 16.0. The lowest BCUT2D eigenvalue weighted by atomic mass is 9.43. The van der Waals surface area contributed by atoms with Gasteiger partial charge in [0.05, 0.1) is 25.4 Å². The third-order valence-corrected chi connectivity index (χ3v) is 8.88. The number of aliphatic hydroxyl groups is 2. The van der Waals surface area contributed by atoms with Gasteiger partial charge in [-0.3, -0.25) is 4.79 Å². The fraction of sp³-hybridized carbons (Fsp3) is 0.850. The third-order valence-electron chi connectivity index (χ3n) is 8.88. The predicted molar refractivity (Wildman–Crippen MR) is 88.6 cm³/mol. The van der Waals surface area contributed by atoms with Crippen molar-refractivity contribution in [2.75, 3.05) is 13.2 Å². The molecule has 2 spiro atoms. The van der Waals surface area contributed by atoms with Gasteiger partial charge in [-0.15, -0.1) is 0 Å². The van der Waals surface area contributed by atoms with Crippen LogP contribution in [0.3, 0.4) is 0 Å². The minimum atomic E-state index is -1.09. The molecule has 3 saturated heterocycles. The Bertz CT molecular complexity index is 721.